The normalized spacial score (nSPS) is 12.4. The second-order valence-electron chi connectivity index (χ2n) is 6.92. The van der Waals surface area contributed by atoms with E-state index < -0.39 is 0 Å². The second kappa shape index (κ2) is 9.39. The van der Waals surface area contributed by atoms with E-state index in [4.69, 9.17) is 4.74 Å². The molecule has 0 bridgehead atoms. The smallest absolute Gasteiger partial charge is 0.132 e. The van der Waals surface area contributed by atoms with E-state index in [0.717, 1.165) is 23.1 Å². The standard InChI is InChI=1S/C20H28NO2.HI/c1-21(2,3)18-10-5-17(6-11-18)15-19(22)12-7-16-8-13-20(23-4)14-9-16;/h5-6,8-11,13-14,19,22H,7,12,15H2,1-4H3;1H/q+1;/p-1. The van der Waals surface area contributed by atoms with Crippen molar-refractivity contribution in [3.8, 4) is 5.75 Å². The first-order chi connectivity index (χ1) is 10.9. The predicted molar refractivity (Wildman–Crippen MR) is 97.0 cm³/mol. The molecule has 24 heavy (non-hydrogen) atoms. The maximum Gasteiger partial charge on any atom is 0.132 e. The molecule has 3 nitrogen and oxygen atoms in total. The lowest BCUT2D eigenvalue weighted by atomic mass is 10.0. The highest BCUT2D eigenvalue weighted by Gasteiger charge is 2.12. The number of nitrogens with zero attached hydrogens (tertiary/aromatic N) is 1. The van der Waals surface area contributed by atoms with Gasteiger partial charge in [0.25, 0.3) is 0 Å². The van der Waals surface area contributed by atoms with E-state index in [2.05, 4.69) is 57.5 Å². The maximum absolute atomic E-state index is 10.3. The zero-order valence-electron chi connectivity index (χ0n) is 15.0. The molecule has 0 spiro atoms. The summed E-state index contributed by atoms with van der Waals surface area (Å²) < 4.78 is 5.96. The van der Waals surface area contributed by atoms with Crippen molar-refractivity contribution >= 4 is 5.69 Å². The minimum absolute atomic E-state index is 0. The highest BCUT2D eigenvalue weighted by atomic mass is 127. The Labute approximate surface area is 162 Å². The Morgan fingerprint density at radius 1 is 0.917 bits per heavy atom. The van der Waals surface area contributed by atoms with Gasteiger partial charge in [-0.3, -0.25) is 4.48 Å². The van der Waals surface area contributed by atoms with E-state index in [9.17, 15) is 5.11 Å². The largest absolute Gasteiger partial charge is 1.00 e. The highest BCUT2D eigenvalue weighted by Crippen LogP contribution is 2.19. The monoisotopic (exact) mass is 441 g/mol. The van der Waals surface area contributed by atoms with Gasteiger partial charge in [-0.15, -0.1) is 0 Å². The molecule has 0 saturated heterocycles. The molecule has 132 valence electrons. The van der Waals surface area contributed by atoms with E-state index in [1.165, 1.54) is 16.8 Å². The van der Waals surface area contributed by atoms with Crippen molar-refractivity contribution in [1.29, 1.82) is 0 Å². The van der Waals surface area contributed by atoms with Gasteiger partial charge in [0.1, 0.15) is 11.4 Å². The Kier molecular flexibility index (Phi) is 8.19. The number of hydrogen-bond donors (Lipinski definition) is 1. The van der Waals surface area contributed by atoms with Crippen molar-refractivity contribution in [2.45, 2.75) is 25.4 Å². The molecule has 0 heterocycles. The van der Waals surface area contributed by atoms with E-state index in [-0.39, 0.29) is 30.1 Å². The van der Waals surface area contributed by atoms with Crippen molar-refractivity contribution in [1.82, 2.24) is 4.48 Å². The van der Waals surface area contributed by atoms with Gasteiger partial charge in [0.2, 0.25) is 0 Å². The van der Waals surface area contributed by atoms with Crippen LogP contribution < -0.4 is 33.2 Å². The minimum atomic E-state index is -0.313. The fraction of sp³-hybridized carbons (Fsp3) is 0.400. The summed E-state index contributed by atoms with van der Waals surface area (Å²) in [4.78, 5) is 0. The van der Waals surface area contributed by atoms with E-state index in [0.29, 0.717) is 6.42 Å². The Balaban J connectivity index is 0.00000288. The Morgan fingerprint density at radius 3 is 1.96 bits per heavy atom. The summed E-state index contributed by atoms with van der Waals surface area (Å²) in [6, 6.07) is 16.6. The fourth-order valence-corrected chi connectivity index (χ4v) is 2.58. The molecule has 0 radical (unpaired) electrons. The van der Waals surface area contributed by atoms with Crippen LogP contribution in [-0.4, -0.2) is 39.5 Å². The quantitative estimate of drug-likeness (QED) is 0.499. The van der Waals surface area contributed by atoms with Gasteiger partial charge in [-0.2, -0.15) is 0 Å². The summed E-state index contributed by atoms with van der Waals surface area (Å²) in [6.45, 7) is 0. The molecular weight excluding hydrogens is 413 g/mol. The van der Waals surface area contributed by atoms with Crippen LogP contribution >= 0.6 is 0 Å². The van der Waals surface area contributed by atoms with E-state index in [1.54, 1.807) is 7.11 Å². The topological polar surface area (TPSA) is 29.5 Å². The first-order valence-corrected chi connectivity index (χ1v) is 8.10. The van der Waals surface area contributed by atoms with Crippen LogP contribution in [0.5, 0.6) is 5.75 Å². The average Bonchev–Trinajstić information content (AvgIpc) is 2.53. The van der Waals surface area contributed by atoms with Gasteiger partial charge in [0.15, 0.2) is 0 Å². The Hall–Kier alpha value is -1.11. The molecule has 0 amide bonds. The van der Waals surface area contributed by atoms with Crippen molar-refractivity contribution in [2.75, 3.05) is 28.3 Å². The average molecular weight is 441 g/mol. The number of benzene rings is 2. The van der Waals surface area contributed by atoms with Crippen LogP contribution in [0.4, 0.5) is 5.69 Å². The number of aryl methyl sites for hydroxylation is 1. The molecule has 1 N–H and O–H groups in total. The molecule has 2 rings (SSSR count). The first kappa shape index (κ1) is 20.9. The van der Waals surface area contributed by atoms with Crippen LogP contribution in [-0.2, 0) is 12.8 Å². The molecule has 2 aromatic carbocycles. The zero-order chi connectivity index (χ0) is 16.9. The third-order valence-electron chi connectivity index (χ3n) is 4.11. The van der Waals surface area contributed by atoms with Crippen molar-refractivity contribution in [3.05, 3.63) is 59.7 Å². The Bertz CT molecular complexity index is 603. The number of rotatable bonds is 7. The third-order valence-corrected chi connectivity index (χ3v) is 4.11. The molecule has 0 aliphatic rings. The molecule has 0 aromatic heterocycles. The number of aliphatic hydroxyl groups excluding tert-OH is 1. The van der Waals surface area contributed by atoms with Gasteiger partial charge in [0.05, 0.1) is 34.4 Å². The molecule has 0 saturated carbocycles. The molecule has 1 unspecified atom stereocenters. The minimum Gasteiger partial charge on any atom is -1.00 e. The molecule has 0 aliphatic heterocycles. The predicted octanol–water partition coefficient (Wildman–Crippen LogP) is 0.432. The number of halogens is 1. The molecule has 0 fully saturated rings. The molecule has 1 atom stereocenters. The number of methoxy groups -OCH3 is 1. The summed E-state index contributed by atoms with van der Waals surface area (Å²) in [6.07, 6.45) is 2.03. The van der Waals surface area contributed by atoms with Gasteiger partial charge in [0, 0.05) is 0 Å². The van der Waals surface area contributed by atoms with Gasteiger partial charge in [-0.05, 0) is 54.7 Å². The number of aliphatic hydroxyl groups is 1. The summed E-state index contributed by atoms with van der Waals surface area (Å²) in [7, 11) is 8.12. The lowest BCUT2D eigenvalue weighted by Gasteiger charge is -2.23. The fourth-order valence-electron chi connectivity index (χ4n) is 2.58. The lowest BCUT2D eigenvalue weighted by molar-refractivity contribution is -0.00000768. The van der Waals surface area contributed by atoms with Crippen LogP contribution in [0.25, 0.3) is 0 Å². The maximum atomic E-state index is 10.3. The van der Waals surface area contributed by atoms with E-state index >= 15 is 0 Å². The van der Waals surface area contributed by atoms with Crippen molar-refractivity contribution < 1.29 is 33.8 Å². The summed E-state index contributed by atoms with van der Waals surface area (Å²) in [5, 5.41) is 10.3. The number of ether oxygens (including phenoxy) is 1. The lowest BCUT2D eigenvalue weighted by Crippen LogP contribution is -3.00. The van der Waals surface area contributed by atoms with Gasteiger partial charge >= 0.3 is 0 Å². The second-order valence-corrected chi connectivity index (χ2v) is 6.92. The van der Waals surface area contributed by atoms with Crippen LogP contribution in [0.15, 0.2) is 48.5 Å². The van der Waals surface area contributed by atoms with Gasteiger partial charge in [-0.1, -0.05) is 24.3 Å². The van der Waals surface area contributed by atoms with Gasteiger partial charge < -0.3 is 33.8 Å². The van der Waals surface area contributed by atoms with Crippen LogP contribution in [0.1, 0.15) is 17.5 Å². The first-order valence-electron chi connectivity index (χ1n) is 8.10. The number of hydrogen-bond acceptors (Lipinski definition) is 2. The zero-order valence-corrected chi connectivity index (χ0v) is 17.2. The molecule has 2 aromatic rings. The van der Waals surface area contributed by atoms with Crippen LogP contribution in [0, 0.1) is 0 Å². The van der Waals surface area contributed by atoms with E-state index in [1.807, 2.05) is 12.1 Å². The van der Waals surface area contributed by atoms with Crippen molar-refractivity contribution in [2.24, 2.45) is 0 Å². The summed E-state index contributed by atoms with van der Waals surface area (Å²) in [5.41, 5.74) is 3.68. The molecule has 0 aliphatic carbocycles. The van der Waals surface area contributed by atoms with Crippen LogP contribution in [0.2, 0.25) is 0 Å². The van der Waals surface area contributed by atoms with Gasteiger partial charge in [-0.25, -0.2) is 0 Å². The van der Waals surface area contributed by atoms with Crippen LogP contribution in [0.3, 0.4) is 0 Å². The number of quaternary nitrogens is 1. The highest BCUT2D eigenvalue weighted by molar-refractivity contribution is 5.42. The molecular formula is C20H28INO2. The van der Waals surface area contributed by atoms with Crippen molar-refractivity contribution in [3.63, 3.8) is 0 Å². The molecule has 4 heteroatoms. The summed E-state index contributed by atoms with van der Waals surface area (Å²) in [5.74, 6) is 0.867. The SMILES string of the molecule is COc1ccc(CCC(O)Cc2ccc([N+](C)(C)C)cc2)cc1.[I-]. The summed E-state index contributed by atoms with van der Waals surface area (Å²) >= 11 is 0. The third kappa shape index (κ3) is 6.42. The Morgan fingerprint density at radius 2 is 1.46 bits per heavy atom.